The van der Waals surface area contributed by atoms with E-state index in [0.29, 0.717) is 17.6 Å². The highest BCUT2D eigenvalue weighted by atomic mass is 16.3. The maximum atomic E-state index is 10.9. The lowest BCUT2D eigenvalue weighted by Crippen LogP contribution is -2.30. The lowest BCUT2D eigenvalue weighted by Gasteiger charge is -2.23. The van der Waals surface area contributed by atoms with Crippen molar-refractivity contribution >= 4 is 5.78 Å². The van der Waals surface area contributed by atoms with Gasteiger partial charge < -0.3 is 10.2 Å². The van der Waals surface area contributed by atoms with Crippen molar-refractivity contribution in [2.45, 2.75) is 25.6 Å². The Hall–Kier alpha value is -0.930. The Morgan fingerprint density at radius 2 is 2.25 bits per heavy atom. The van der Waals surface area contributed by atoms with Crippen LogP contribution in [0.4, 0.5) is 0 Å². The second kappa shape index (κ2) is 3.21. The zero-order valence-electron chi connectivity index (χ0n) is 6.95. The molecule has 0 heterocycles. The Morgan fingerprint density at radius 1 is 1.67 bits per heavy atom. The molecular formula is C9H12O3. The third kappa shape index (κ3) is 1.62. The molecule has 0 spiro atoms. The third-order valence-corrected chi connectivity index (χ3v) is 1.98. The van der Waals surface area contributed by atoms with E-state index in [9.17, 15) is 15.0 Å². The summed E-state index contributed by atoms with van der Waals surface area (Å²) in [6.45, 7) is 5.01. The first-order valence-corrected chi connectivity index (χ1v) is 3.78. The summed E-state index contributed by atoms with van der Waals surface area (Å²) >= 11 is 0. The first kappa shape index (κ1) is 9.16. The van der Waals surface area contributed by atoms with Crippen molar-refractivity contribution in [2.24, 2.45) is 0 Å². The molecule has 0 fully saturated rings. The number of hydrogen-bond donors (Lipinski definition) is 2. The van der Waals surface area contributed by atoms with E-state index in [2.05, 4.69) is 6.58 Å². The van der Waals surface area contributed by atoms with Crippen LogP contribution >= 0.6 is 0 Å². The lowest BCUT2D eigenvalue weighted by molar-refractivity contribution is -0.113. The van der Waals surface area contributed by atoms with Crippen LogP contribution < -0.4 is 0 Å². The number of hydrogen-bond acceptors (Lipinski definition) is 3. The molecule has 1 rings (SSSR count). The van der Waals surface area contributed by atoms with Crippen molar-refractivity contribution < 1.29 is 15.0 Å². The van der Waals surface area contributed by atoms with Gasteiger partial charge in [-0.15, -0.1) is 0 Å². The molecule has 3 nitrogen and oxygen atoms in total. The number of aliphatic hydroxyl groups excluding tert-OH is 2. The average molecular weight is 168 g/mol. The Morgan fingerprint density at radius 3 is 2.67 bits per heavy atom. The molecule has 0 saturated heterocycles. The highest BCUT2D eigenvalue weighted by Gasteiger charge is 2.25. The van der Waals surface area contributed by atoms with Gasteiger partial charge in [0.25, 0.3) is 0 Å². The van der Waals surface area contributed by atoms with Gasteiger partial charge in [-0.1, -0.05) is 6.58 Å². The predicted octanol–water partition coefficient (Wildman–Crippen LogP) is 0.183. The molecule has 0 saturated carbocycles. The van der Waals surface area contributed by atoms with Crippen LogP contribution in [-0.4, -0.2) is 28.2 Å². The van der Waals surface area contributed by atoms with Crippen molar-refractivity contribution in [1.29, 1.82) is 0 Å². The molecular weight excluding hydrogens is 156 g/mol. The van der Waals surface area contributed by atoms with Gasteiger partial charge in [0.15, 0.2) is 5.78 Å². The van der Waals surface area contributed by atoms with Gasteiger partial charge in [-0.2, -0.15) is 0 Å². The maximum Gasteiger partial charge on any atom is 0.155 e. The summed E-state index contributed by atoms with van der Waals surface area (Å²) in [6, 6.07) is 0. The number of allylic oxidation sites excluding steroid dienone is 1. The van der Waals surface area contributed by atoms with Crippen molar-refractivity contribution in [1.82, 2.24) is 0 Å². The van der Waals surface area contributed by atoms with Gasteiger partial charge in [0.05, 0.1) is 0 Å². The Bertz CT molecular complexity index is 252. The van der Waals surface area contributed by atoms with Crippen LogP contribution in [0.5, 0.6) is 0 Å². The summed E-state index contributed by atoms with van der Waals surface area (Å²) in [5.41, 5.74) is 1.02. The van der Waals surface area contributed by atoms with Crippen LogP contribution in [0.2, 0.25) is 0 Å². The molecule has 66 valence electrons. The van der Waals surface area contributed by atoms with E-state index in [1.807, 2.05) is 0 Å². The molecule has 0 radical (unpaired) electrons. The van der Waals surface area contributed by atoms with Gasteiger partial charge in [0, 0.05) is 0 Å². The van der Waals surface area contributed by atoms with Crippen LogP contribution in [0, 0.1) is 0 Å². The minimum Gasteiger partial charge on any atom is -0.386 e. The average Bonchev–Trinajstić information content (AvgIpc) is 1.99. The Kier molecular flexibility index (Phi) is 2.45. The van der Waals surface area contributed by atoms with Crippen molar-refractivity contribution in [2.75, 3.05) is 0 Å². The van der Waals surface area contributed by atoms with Crippen LogP contribution in [0.25, 0.3) is 0 Å². The van der Waals surface area contributed by atoms with Gasteiger partial charge in [-0.05, 0) is 30.6 Å². The number of aliphatic hydroxyl groups is 2. The quantitative estimate of drug-likeness (QED) is 0.549. The zero-order chi connectivity index (χ0) is 9.30. The molecule has 0 aromatic carbocycles. The van der Waals surface area contributed by atoms with E-state index >= 15 is 0 Å². The molecule has 1 unspecified atom stereocenters. The molecule has 0 amide bonds. The first-order valence-electron chi connectivity index (χ1n) is 3.78. The Balaban J connectivity index is 2.88. The van der Waals surface area contributed by atoms with E-state index in [0.717, 1.165) is 0 Å². The second-order valence-corrected chi connectivity index (χ2v) is 3.02. The lowest BCUT2D eigenvalue weighted by atomic mass is 9.89. The van der Waals surface area contributed by atoms with Gasteiger partial charge >= 0.3 is 0 Å². The topological polar surface area (TPSA) is 57.5 Å². The summed E-state index contributed by atoms with van der Waals surface area (Å²) in [7, 11) is 0. The summed E-state index contributed by atoms with van der Waals surface area (Å²) in [5, 5.41) is 18.5. The van der Waals surface area contributed by atoms with E-state index in [1.54, 1.807) is 0 Å². The molecule has 0 bridgehead atoms. The van der Waals surface area contributed by atoms with Crippen LogP contribution in [0.15, 0.2) is 23.8 Å². The monoisotopic (exact) mass is 168 g/mol. The number of carbonyl (C=O) groups excluding carboxylic acids is 1. The molecule has 0 aromatic rings. The molecule has 12 heavy (non-hydrogen) atoms. The normalized spacial score (nSPS) is 29.9. The summed E-state index contributed by atoms with van der Waals surface area (Å²) in [5.74, 6) is -0.0814. The van der Waals surface area contributed by atoms with E-state index in [4.69, 9.17) is 0 Å². The van der Waals surface area contributed by atoms with E-state index in [-0.39, 0.29) is 5.78 Å². The number of ketones is 1. The minimum atomic E-state index is -0.981. The highest BCUT2D eigenvalue weighted by molar-refractivity contribution is 5.94. The van der Waals surface area contributed by atoms with Gasteiger partial charge in [0.2, 0.25) is 0 Å². The van der Waals surface area contributed by atoms with E-state index in [1.165, 1.54) is 13.0 Å². The maximum absolute atomic E-state index is 10.9. The molecule has 1 aliphatic rings. The van der Waals surface area contributed by atoms with Crippen LogP contribution in [0.3, 0.4) is 0 Å². The van der Waals surface area contributed by atoms with Crippen molar-refractivity contribution in [3.05, 3.63) is 23.8 Å². The fraction of sp³-hybridized carbons (Fsp3) is 0.444. The molecule has 1 aliphatic carbocycles. The second-order valence-electron chi connectivity index (χ2n) is 3.02. The number of Topliss-reactive ketones (excluding diaryl/α,β-unsaturated/α-hetero) is 1. The van der Waals surface area contributed by atoms with E-state index < -0.39 is 12.2 Å². The van der Waals surface area contributed by atoms with Crippen molar-refractivity contribution in [3.63, 3.8) is 0 Å². The highest BCUT2D eigenvalue weighted by Crippen LogP contribution is 2.23. The SMILES string of the molecule is C=C1CC(C(C)=O)=CC(O)[C@@H]1O. The molecule has 0 aliphatic heterocycles. The number of rotatable bonds is 1. The minimum absolute atomic E-state index is 0.0814. The summed E-state index contributed by atoms with van der Waals surface area (Å²) in [6.07, 6.45) is -0.145. The summed E-state index contributed by atoms with van der Waals surface area (Å²) < 4.78 is 0. The smallest absolute Gasteiger partial charge is 0.155 e. The molecule has 2 atom stereocenters. The number of carbonyl (C=O) groups is 1. The van der Waals surface area contributed by atoms with Crippen LogP contribution in [0.1, 0.15) is 13.3 Å². The molecule has 0 aromatic heterocycles. The third-order valence-electron chi connectivity index (χ3n) is 1.98. The molecule has 2 N–H and O–H groups in total. The van der Waals surface area contributed by atoms with Gasteiger partial charge in [0.1, 0.15) is 12.2 Å². The first-order chi connectivity index (χ1) is 5.52. The predicted molar refractivity (Wildman–Crippen MR) is 44.5 cm³/mol. The largest absolute Gasteiger partial charge is 0.386 e. The Labute approximate surface area is 71.0 Å². The fourth-order valence-electron chi connectivity index (χ4n) is 1.19. The summed E-state index contributed by atoms with van der Waals surface area (Å²) in [4.78, 5) is 10.9. The standard InChI is InChI=1S/C9H12O3/c1-5-3-7(6(2)10)4-8(11)9(5)12/h4,8-9,11-12H,1,3H2,2H3/t8?,9-/m1/s1. The zero-order valence-corrected chi connectivity index (χ0v) is 6.95. The molecule has 3 heteroatoms. The van der Waals surface area contributed by atoms with Crippen molar-refractivity contribution in [3.8, 4) is 0 Å². The van der Waals surface area contributed by atoms with Crippen LogP contribution in [-0.2, 0) is 4.79 Å². The van der Waals surface area contributed by atoms with Gasteiger partial charge in [-0.3, -0.25) is 4.79 Å². The fourth-order valence-corrected chi connectivity index (χ4v) is 1.19. The van der Waals surface area contributed by atoms with Gasteiger partial charge in [-0.25, -0.2) is 0 Å².